The predicted molar refractivity (Wildman–Crippen MR) is 128 cm³/mol. The van der Waals surface area contributed by atoms with Crippen molar-refractivity contribution in [3.63, 3.8) is 0 Å². The smallest absolute Gasteiger partial charge is 0.242 e. The number of carbonyl (C=O) groups excluding carboxylic acids is 2. The van der Waals surface area contributed by atoms with Gasteiger partial charge in [-0.3, -0.25) is 9.59 Å². The zero-order valence-corrected chi connectivity index (χ0v) is 19.3. The van der Waals surface area contributed by atoms with Crippen molar-refractivity contribution in [1.29, 1.82) is 0 Å². The summed E-state index contributed by atoms with van der Waals surface area (Å²) in [5.41, 5.74) is 2.79. The van der Waals surface area contributed by atoms with E-state index in [4.69, 9.17) is 9.47 Å². The molecule has 3 aromatic carbocycles. The fourth-order valence-electron chi connectivity index (χ4n) is 3.46. The van der Waals surface area contributed by atoms with Gasteiger partial charge in [0.2, 0.25) is 11.8 Å². The van der Waals surface area contributed by atoms with Crippen molar-refractivity contribution >= 4 is 11.8 Å². The van der Waals surface area contributed by atoms with Gasteiger partial charge in [-0.1, -0.05) is 54.6 Å². The molecule has 1 N–H and O–H groups in total. The van der Waals surface area contributed by atoms with Crippen LogP contribution in [0, 0.1) is 0 Å². The second-order valence-electron chi connectivity index (χ2n) is 7.77. The predicted octanol–water partition coefficient (Wildman–Crippen LogP) is 3.98. The van der Waals surface area contributed by atoms with Gasteiger partial charge in [0.25, 0.3) is 0 Å². The number of carbonyl (C=O) groups is 2. The van der Waals surface area contributed by atoms with E-state index in [0.717, 1.165) is 28.2 Å². The van der Waals surface area contributed by atoms with Crippen LogP contribution in [0.15, 0.2) is 78.9 Å². The maximum Gasteiger partial charge on any atom is 0.242 e. The molecule has 0 aliphatic rings. The molecule has 0 aromatic heterocycles. The molecule has 33 heavy (non-hydrogen) atoms. The maximum absolute atomic E-state index is 13.2. The summed E-state index contributed by atoms with van der Waals surface area (Å²) in [7, 11) is 3.22. The number of nitrogens with one attached hydrogen (secondary N) is 1. The largest absolute Gasteiger partial charge is 0.497 e. The first kappa shape index (κ1) is 23.9. The van der Waals surface area contributed by atoms with Crippen molar-refractivity contribution < 1.29 is 19.1 Å². The Kier molecular flexibility index (Phi) is 8.47. The van der Waals surface area contributed by atoms with Crippen LogP contribution in [0.2, 0.25) is 0 Å². The summed E-state index contributed by atoms with van der Waals surface area (Å²) in [6, 6.07) is 23.9. The van der Waals surface area contributed by atoms with Crippen molar-refractivity contribution in [2.75, 3.05) is 14.2 Å². The van der Waals surface area contributed by atoms with Crippen molar-refractivity contribution in [2.24, 2.45) is 0 Å². The summed E-state index contributed by atoms with van der Waals surface area (Å²) in [5, 5.41) is 2.95. The standard InChI is InChI=1S/C27H30N2O4/c1-20(27(31)28-18-22-9-13-24(32-2)14-10-22)29(19-23-11-15-25(33-3)16-12-23)26(30)17-21-7-5-4-6-8-21/h4-16,20H,17-19H2,1-3H3,(H,28,31). The van der Waals surface area contributed by atoms with Gasteiger partial charge in [0.05, 0.1) is 20.6 Å². The normalized spacial score (nSPS) is 11.4. The molecule has 0 aliphatic heterocycles. The van der Waals surface area contributed by atoms with Gasteiger partial charge >= 0.3 is 0 Å². The number of hydrogen-bond donors (Lipinski definition) is 1. The van der Waals surface area contributed by atoms with E-state index in [9.17, 15) is 9.59 Å². The van der Waals surface area contributed by atoms with Crippen LogP contribution in [0.25, 0.3) is 0 Å². The number of hydrogen-bond acceptors (Lipinski definition) is 4. The van der Waals surface area contributed by atoms with E-state index in [1.807, 2.05) is 78.9 Å². The Morgan fingerprint density at radius 1 is 0.788 bits per heavy atom. The molecule has 0 saturated carbocycles. The third-order valence-electron chi connectivity index (χ3n) is 5.50. The van der Waals surface area contributed by atoms with Crippen molar-refractivity contribution in [1.82, 2.24) is 10.2 Å². The Morgan fingerprint density at radius 2 is 1.33 bits per heavy atom. The first-order valence-electron chi connectivity index (χ1n) is 10.9. The van der Waals surface area contributed by atoms with E-state index in [1.165, 1.54) is 0 Å². The molecule has 0 fully saturated rings. The molecule has 0 saturated heterocycles. The van der Waals surface area contributed by atoms with Gasteiger partial charge in [0.15, 0.2) is 0 Å². The van der Waals surface area contributed by atoms with Crippen LogP contribution in [0.1, 0.15) is 23.6 Å². The Hall–Kier alpha value is -3.80. The highest BCUT2D eigenvalue weighted by molar-refractivity contribution is 5.88. The Labute approximate surface area is 195 Å². The monoisotopic (exact) mass is 446 g/mol. The van der Waals surface area contributed by atoms with Crippen LogP contribution >= 0.6 is 0 Å². The molecule has 3 rings (SSSR count). The van der Waals surface area contributed by atoms with E-state index < -0.39 is 6.04 Å². The molecular weight excluding hydrogens is 416 g/mol. The lowest BCUT2D eigenvalue weighted by atomic mass is 10.1. The maximum atomic E-state index is 13.2. The molecule has 6 heteroatoms. The summed E-state index contributed by atoms with van der Waals surface area (Å²) in [6.45, 7) is 2.46. The second-order valence-corrected chi connectivity index (χ2v) is 7.77. The van der Waals surface area contributed by atoms with Crippen molar-refractivity contribution in [3.05, 3.63) is 95.6 Å². The third-order valence-corrected chi connectivity index (χ3v) is 5.50. The van der Waals surface area contributed by atoms with E-state index >= 15 is 0 Å². The Bertz CT molecular complexity index is 1030. The van der Waals surface area contributed by atoms with Gasteiger partial charge in [-0.2, -0.15) is 0 Å². The number of rotatable bonds is 10. The number of ether oxygens (including phenoxy) is 2. The molecule has 0 radical (unpaired) electrons. The first-order valence-corrected chi connectivity index (χ1v) is 10.9. The third kappa shape index (κ3) is 6.84. The van der Waals surface area contributed by atoms with Crippen LogP contribution in [0.5, 0.6) is 11.5 Å². The molecule has 3 aromatic rings. The molecular formula is C27H30N2O4. The zero-order valence-electron chi connectivity index (χ0n) is 19.3. The second kappa shape index (κ2) is 11.7. The van der Waals surface area contributed by atoms with Crippen LogP contribution in [-0.4, -0.2) is 37.0 Å². The van der Waals surface area contributed by atoms with Crippen LogP contribution < -0.4 is 14.8 Å². The topological polar surface area (TPSA) is 67.9 Å². The number of nitrogens with zero attached hydrogens (tertiary/aromatic N) is 1. The fourth-order valence-corrected chi connectivity index (χ4v) is 3.46. The quantitative estimate of drug-likeness (QED) is 0.512. The lowest BCUT2D eigenvalue weighted by molar-refractivity contribution is -0.140. The van der Waals surface area contributed by atoms with Gasteiger partial charge in [-0.25, -0.2) is 0 Å². The molecule has 1 unspecified atom stereocenters. The molecule has 0 aliphatic carbocycles. The summed E-state index contributed by atoms with van der Waals surface area (Å²) in [5.74, 6) is 1.19. The molecule has 0 bridgehead atoms. The lowest BCUT2D eigenvalue weighted by Crippen LogP contribution is -2.47. The molecule has 172 valence electrons. The minimum Gasteiger partial charge on any atom is -0.497 e. The number of methoxy groups -OCH3 is 2. The summed E-state index contributed by atoms with van der Waals surface area (Å²) >= 11 is 0. The molecule has 1 atom stereocenters. The first-order chi connectivity index (χ1) is 16.0. The molecule has 2 amide bonds. The summed E-state index contributed by atoms with van der Waals surface area (Å²) in [4.78, 5) is 27.8. The molecule has 0 heterocycles. The van der Waals surface area contributed by atoms with Crippen molar-refractivity contribution in [2.45, 2.75) is 32.5 Å². The number of benzene rings is 3. The van der Waals surface area contributed by atoms with E-state index in [1.54, 1.807) is 26.0 Å². The highest BCUT2D eigenvalue weighted by Crippen LogP contribution is 2.16. The highest BCUT2D eigenvalue weighted by Gasteiger charge is 2.26. The van der Waals surface area contributed by atoms with Gasteiger partial charge < -0.3 is 19.7 Å². The minimum atomic E-state index is -0.637. The van der Waals surface area contributed by atoms with E-state index in [0.29, 0.717) is 13.1 Å². The summed E-state index contributed by atoms with van der Waals surface area (Å²) in [6.07, 6.45) is 0.229. The van der Waals surface area contributed by atoms with E-state index in [2.05, 4.69) is 5.32 Å². The van der Waals surface area contributed by atoms with Crippen LogP contribution in [0.4, 0.5) is 0 Å². The van der Waals surface area contributed by atoms with Gasteiger partial charge in [0.1, 0.15) is 17.5 Å². The van der Waals surface area contributed by atoms with E-state index in [-0.39, 0.29) is 18.2 Å². The van der Waals surface area contributed by atoms with Gasteiger partial charge in [0, 0.05) is 13.1 Å². The minimum absolute atomic E-state index is 0.107. The molecule has 0 spiro atoms. The Morgan fingerprint density at radius 3 is 1.88 bits per heavy atom. The van der Waals surface area contributed by atoms with Gasteiger partial charge in [-0.05, 0) is 47.9 Å². The van der Waals surface area contributed by atoms with Crippen LogP contribution in [0.3, 0.4) is 0 Å². The highest BCUT2D eigenvalue weighted by atomic mass is 16.5. The SMILES string of the molecule is COc1ccc(CNC(=O)C(C)N(Cc2ccc(OC)cc2)C(=O)Cc2ccccc2)cc1. The average molecular weight is 447 g/mol. The zero-order chi connectivity index (χ0) is 23.6. The van der Waals surface area contributed by atoms with Gasteiger partial charge in [-0.15, -0.1) is 0 Å². The average Bonchev–Trinajstić information content (AvgIpc) is 2.86. The number of amides is 2. The lowest BCUT2D eigenvalue weighted by Gasteiger charge is -2.29. The Balaban J connectivity index is 1.72. The van der Waals surface area contributed by atoms with Crippen molar-refractivity contribution in [3.8, 4) is 11.5 Å². The van der Waals surface area contributed by atoms with Crippen LogP contribution in [-0.2, 0) is 29.1 Å². The summed E-state index contributed by atoms with van der Waals surface area (Å²) < 4.78 is 10.4. The molecule has 6 nitrogen and oxygen atoms in total. The fraction of sp³-hybridized carbons (Fsp3) is 0.259.